The van der Waals surface area contributed by atoms with E-state index in [1.54, 1.807) is 0 Å². The minimum absolute atomic E-state index is 0.493. The van der Waals surface area contributed by atoms with Gasteiger partial charge in [-0.05, 0) is 45.0 Å². The van der Waals surface area contributed by atoms with Crippen LogP contribution in [0.25, 0.3) is 0 Å². The van der Waals surface area contributed by atoms with Gasteiger partial charge < -0.3 is 10.2 Å². The molecule has 2 heteroatoms. The standard InChI is InChI=1S/C18H30N2/c1-15(14-19-17-12-8-5-9-13-17)18(20(2)3)16-10-6-4-7-11-16/h4,6-7,10-11,15,17-19H,5,8-9,12-14H2,1-3H3. The van der Waals surface area contributed by atoms with Crippen LogP contribution in [-0.4, -0.2) is 31.6 Å². The topological polar surface area (TPSA) is 15.3 Å². The van der Waals surface area contributed by atoms with Crippen LogP contribution in [-0.2, 0) is 0 Å². The fourth-order valence-corrected chi connectivity index (χ4v) is 3.56. The van der Waals surface area contributed by atoms with Gasteiger partial charge in [0, 0.05) is 12.1 Å². The van der Waals surface area contributed by atoms with Gasteiger partial charge in [-0.15, -0.1) is 0 Å². The van der Waals surface area contributed by atoms with Crippen molar-refractivity contribution in [2.24, 2.45) is 5.92 Å². The van der Waals surface area contributed by atoms with E-state index in [1.165, 1.54) is 37.7 Å². The third-order valence-electron chi connectivity index (χ3n) is 4.57. The average Bonchev–Trinajstić information content (AvgIpc) is 2.47. The van der Waals surface area contributed by atoms with Crippen LogP contribution < -0.4 is 5.32 Å². The van der Waals surface area contributed by atoms with Gasteiger partial charge in [0.25, 0.3) is 0 Å². The van der Waals surface area contributed by atoms with Crippen LogP contribution in [0.1, 0.15) is 50.6 Å². The third kappa shape index (κ3) is 4.32. The van der Waals surface area contributed by atoms with Crippen LogP contribution in [0.2, 0.25) is 0 Å². The highest BCUT2D eigenvalue weighted by Gasteiger charge is 2.22. The van der Waals surface area contributed by atoms with E-state index in [2.05, 4.69) is 61.6 Å². The van der Waals surface area contributed by atoms with Crippen LogP contribution in [0, 0.1) is 5.92 Å². The monoisotopic (exact) mass is 274 g/mol. The first-order chi connectivity index (χ1) is 9.68. The van der Waals surface area contributed by atoms with Crippen molar-refractivity contribution < 1.29 is 0 Å². The van der Waals surface area contributed by atoms with Crippen molar-refractivity contribution in [2.75, 3.05) is 20.6 Å². The summed E-state index contributed by atoms with van der Waals surface area (Å²) in [6.07, 6.45) is 6.97. The van der Waals surface area contributed by atoms with Gasteiger partial charge in [-0.1, -0.05) is 56.5 Å². The summed E-state index contributed by atoms with van der Waals surface area (Å²) >= 11 is 0. The molecule has 1 aliphatic rings. The van der Waals surface area contributed by atoms with Gasteiger partial charge in [0.15, 0.2) is 0 Å². The van der Waals surface area contributed by atoms with E-state index in [4.69, 9.17) is 0 Å². The third-order valence-corrected chi connectivity index (χ3v) is 4.57. The predicted molar refractivity (Wildman–Crippen MR) is 86.9 cm³/mol. The molecule has 1 fully saturated rings. The zero-order valence-corrected chi connectivity index (χ0v) is 13.3. The SMILES string of the molecule is CC(CNC1CCCCC1)C(c1ccccc1)N(C)C. The lowest BCUT2D eigenvalue weighted by Gasteiger charge is -2.32. The van der Waals surface area contributed by atoms with E-state index in [-0.39, 0.29) is 0 Å². The molecule has 1 saturated carbocycles. The zero-order valence-electron chi connectivity index (χ0n) is 13.3. The first-order valence-corrected chi connectivity index (χ1v) is 8.13. The molecule has 1 aromatic carbocycles. The molecule has 0 spiro atoms. The summed E-state index contributed by atoms with van der Waals surface area (Å²) in [6, 6.07) is 12.1. The maximum Gasteiger partial charge on any atom is 0.0379 e. The first kappa shape index (κ1) is 15.5. The van der Waals surface area contributed by atoms with Crippen molar-refractivity contribution >= 4 is 0 Å². The summed E-state index contributed by atoms with van der Waals surface area (Å²) in [7, 11) is 4.38. The molecule has 112 valence electrons. The number of hydrogen-bond acceptors (Lipinski definition) is 2. The fourth-order valence-electron chi connectivity index (χ4n) is 3.56. The van der Waals surface area contributed by atoms with Crippen LogP contribution >= 0.6 is 0 Å². The highest BCUT2D eigenvalue weighted by Crippen LogP contribution is 2.26. The zero-order chi connectivity index (χ0) is 14.4. The molecular formula is C18H30N2. The van der Waals surface area contributed by atoms with Crippen molar-refractivity contribution in [2.45, 2.75) is 51.1 Å². The first-order valence-electron chi connectivity index (χ1n) is 8.13. The van der Waals surface area contributed by atoms with E-state index in [1.807, 2.05) is 0 Å². The molecule has 2 unspecified atom stereocenters. The lowest BCUT2D eigenvalue weighted by atomic mass is 9.91. The Kier molecular flexibility index (Phi) is 6.06. The van der Waals surface area contributed by atoms with E-state index < -0.39 is 0 Å². The normalized spacial score (nSPS) is 20.0. The molecule has 1 N–H and O–H groups in total. The molecule has 0 radical (unpaired) electrons. The summed E-state index contributed by atoms with van der Waals surface area (Å²) in [5.41, 5.74) is 1.43. The van der Waals surface area contributed by atoms with Gasteiger partial charge in [-0.2, -0.15) is 0 Å². The van der Waals surface area contributed by atoms with Crippen molar-refractivity contribution in [3.63, 3.8) is 0 Å². The molecule has 0 saturated heterocycles. The predicted octanol–water partition coefficient (Wildman–Crippen LogP) is 3.85. The number of hydrogen-bond donors (Lipinski definition) is 1. The molecule has 20 heavy (non-hydrogen) atoms. The summed E-state index contributed by atoms with van der Waals surface area (Å²) in [5.74, 6) is 0.620. The Hall–Kier alpha value is -0.860. The Labute approximate surface area is 124 Å². The summed E-state index contributed by atoms with van der Waals surface area (Å²) in [6.45, 7) is 3.48. The Morgan fingerprint density at radius 2 is 1.75 bits per heavy atom. The summed E-state index contributed by atoms with van der Waals surface area (Å²) in [4.78, 5) is 2.35. The molecule has 0 aliphatic heterocycles. The van der Waals surface area contributed by atoms with Crippen LogP contribution in [0.5, 0.6) is 0 Å². The minimum Gasteiger partial charge on any atom is -0.314 e. The van der Waals surface area contributed by atoms with Gasteiger partial charge in [-0.3, -0.25) is 0 Å². The van der Waals surface area contributed by atoms with Crippen LogP contribution in [0.4, 0.5) is 0 Å². The second-order valence-electron chi connectivity index (χ2n) is 6.54. The maximum absolute atomic E-state index is 3.80. The van der Waals surface area contributed by atoms with Gasteiger partial charge >= 0.3 is 0 Å². The fraction of sp³-hybridized carbons (Fsp3) is 0.667. The summed E-state index contributed by atoms with van der Waals surface area (Å²) in [5, 5.41) is 3.80. The largest absolute Gasteiger partial charge is 0.314 e. The highest BCUT2D eigenvalue weighted by molar-refractivity contribution is 5.19. The number of nitrogens with one attached hydrogen (secondary N) is 1. The van der Waals surface area contributed by atoms with Gasteiger partial charge in [0.2, 0.25) is 0 Å². The van der Waals surface area contributed by atoms with E-state index in [9.17, 15) is 0 Å². The molecule has 0 bridgehead atoms. The average molecular weight is 274 g/mol. The summed E-state index contributed by atoms with van der Waals surface area (Å²) < 4.78 is 0. The molecule has 2 atom stereocenters. The Morgan fingerprint density at radius 3 is 2.35 bits per heavy atom. The van der Waals surface area contributed by atoms with Crippen molar-refractivity contribution in [1.82, 2.24) is 10.2 Å². The number of rotatable bonds is 6. The molecule has 2 nitrogen and oxygen atoms in total. The number of nitrogens with zero attached hydrogens (tertiary/aromatic N) is 1. The lowest BCUT2D eigenvalue weighted by molar-refractivity contribution is 0.210. The molecule has 1 aromatic rings. The lowest BCUT2D eigenvalue weighted by Crippen LogP contribution is -2.38. The van der Waals surface area contributed by atoms with Gasteiger partial charge in [0.1, 0.15) is 0 Å². The highest BCUT2D eigenvalue weighted by atomic mass is 15.1. The van der Waals surface area contributed by atoms with Crippen molar-refractivity contribution in [3.05, 3.63) is 35.9 Å². The Balaban J connectivity index is 1.91. The molecule has 1 aliphatic carbocycles. The molecule has 0 aromatic heterocycles. The van der Waals surface area contributed by atoms with Crippen LogP contribution in [0.15, 0.2) is 30.3 Å². The van der Waals surface area contributed by atoms with E-state index in [0.29, 0.717) is 12.0 Å². The minimum atomic E-state index is 0.493. The molecular weight excluding hydrogens is 244 g/mol. The smallest absolute Gasteiger partial charge is 0.0379 e. The quantitative estimate of drug-likeness (QED) is 0.847. The maximum atomic E-state index is 3.80. The van der Waals surface area contributed by atoms with Gasteiger partial charge in [-0.25, -0.2) is 0 Å². The van der Waals surface area contributed by atoms with Crippen molar-refractivity contribution in [1.29, 1.82) is 0 Å². The van der Waals surface area contributed by atoms with E-state index >= 15 is 0 Å². The molecule has 2 rings (SSSR count). The molecule has 0 heterocycles. The van der Waals surface area contributed by atoms with E-state index in [0.717, 1.165) is 12.6 Å². The second kappa shape index (κ2) is 7.80. The Bertz CT molecular complexity index is 368. The Morgan fingerprint density at radius 1 is 1.10 bits per heavy atom. The second-order valence-corrected chi connectivity index (χ2v) is 6.54. The number of benzene rings is 1. The molecule has 0 amide bonds. The van der Waals surface area contributed by atoms with Crippen LogP contribution in [0.3, 0.4) is 0 Å². The van der Waals surface area contributed by atoms with Gasteiger partial charge in [0.05, 0.1) is 0 Å². The van der Waals surface area contributed by atoms with Crippen molar-refractivity contribution in [3.8, 4) is 0 Å².